The van der Waals surface area contributed by atoms with E-state index in [9.17, 15) is 31.2 Å². The number of aliphatic hydroxyl groups excluding tert-OH is 1. The molecule has 7 aromatic heterocycles. The van der Waals surface area contributed by atoms with E-state index in [1.54, 1.807) is 68.4 Å². The van der Waals surface area contributed by atoms with Crippen LogP contribution >= 0.6 is 0 Å². The van der Waals surface area contributed by atoms with Gasteiger partial charge in [0, 0.05) is 87.5 Å². The molecule has 8 heterocycles. The first-order chi connectivity index (χ1) is 41.2. The van der Waals surface area contributed by atoms with E-state index in [4.69, 9.17) is 16.0 Å². The van der Waals surface area contributed by atoms with E-state index in [2.05, 4.69) is 87.1 Å². The molecule has 1 aromatic carbocycles. The molecule has 0 spiro atoms. The number of sulfonamides is 1. The Hall–Kier alpha value is -8.96. The molecule has 5 N–H and O–H groups in total. The Labute approximate surface area is 508 Å². The second-order valence-corrected chi connectivity index (χ2v) is 20.6. The van der Waals surface area contributed by atoms with Crippen LogP contribution in [0.4, 0.5) is 18.9 Å². The van der Waals surface area contributed by atoms with Crippen LogP contribution in [0, 0.1) is 12.8 Å². The third-order valence-electron chi connectivity index (χ3n) is 12.4. The largest absolute Gasteiger partial charge is 0.471 e. The second kappa shape index (κ2) is 38.9. The van der Waals surface area contributed by atoms with E-state index in [1.165, 1.54) is 56.5 Å². The van der Waals surface area contributed by atoms with Gasteiger partial charge < -0.3 is 15.4 Å². The Morgan fingerprint density at radius 3 is 1.84 bits per heavy atom. The number of primary sulfonamides is 1. The summed E-state index contributed by atoms with van der Waals surface area (Å²) < 4.78 is 59.8. The number of aryl methyl sites for hydroxylation is 2. The van der Waals surface area contributed by atoms with Gasteiger partial charge in [-0.25, -0.2) is 18.5 Å². The molecule has 0 saturated heterocycles. The third-order valence-corrected chi connectivity index (χ3v) is 13.2. The zero-order valence-corrected chi connectivity index (χ0v) is 49.6. The Morgan fingerprint density at radius 2 is 1.44 bits per heavy atom. The molecule has 3 aliphatic carbocycles. The van der Waals surface area contributed by atoms with E-state index in [0.29, 0.717) is 29.8 Å². The third kappa shape index (κ3) is 27.7. The maximum Gasteiger partial charge on any atom is 0.471 e. The Morgan fingerprint density at radius 1 is 0.805 bits per heavy atom. The van der Waals surface area contributed by atoms with Crippen LogP contribution in [0.1, 0.15) is 134 Å². The van der Waals surface area contributed by atoms with Gasteiger partial charge in [0.05, 0.1) is 28.9 Å². The van der Waals surface area contributed by atoms with Crippen molar-refractivity contribution in [3.63, 3.8) is 0 Å². The fourth-order valence-corrected chi connectivity index (χ4v) is 8.22. The van der Waals surface area contributed by atoms with E-state index in [1.807, 2.05) is 97.2 Å². The number of carbonyl (C=O) groups is 2. The van der Waals surface area contributed by atoms with Crippen molar-refractivity contribution in [2.75, 3.05) is 7.05 Å². The molecule has 3 atom stereocenters. The van der Waals surface area contributed by atoms with Gasteiger partial charge in [0.1, 0.15) is 11.4 Å². The van der Waals surface area contributed by atoms with Crippen LogP contribution in [0.15, 0.2) is 202 Å². The van der Waals surface area contributed by atoms with Gasteiger partial charge >= 0.3 is 12.1 Å². The Balaban J connectivity index is 0.000000258. The summed E-state index contributed by atoms with van der Waals surface area (Å²) in [4.78, 5) is 56.9. The number of allylic oxidation sites excluding steroid dienone is 1. The summed E-state index contributed by atoms with van der Waals surface area (Å²) in [6, 6.07) is 39.7. The summed E-state index contributed by atoms with van der Waals surface area (Å²) in [6.45, 7) is 10.8. The zero-order valence-electron chi connectivity index (χ0n) is 48.8. The number of hydrogen-bond acceptors (Lipinski definition) is 17. The van der Waals surface area contributed by atoms with Crippen LogP contribution < -0.4 is 10.9 Å². The lowest BCUT2D eigenvalue weighted by atomic mass is 10.0. The molecule has 0 radical (unpaired) electrons. The highest BCUT2D eigenvalue weighted by atomic mass is 32.2. The lowest BCUT2D eigenvalue weighted by Gasteiger charge is -2.05. The van der Waals surface area contributed by atoms with Gasteiger partial charge in [-0.15, -0.1) is 0 Å². The summed E-state index contributed by atoms with van der Waals surface area (Å²) in [5.41, 5.74) is 15.4. The van der Waals surface area contributed by atoms with Crippen molar-refractivity contribution < 1.29 is 40.8 Å². The second-order valence-electron chi connectivity index (χ2n) is 19.1. The molecule has 1 aliphatic heterocycles. The Kier molecular flexibility index (Phi) is 32.3. The SMILES string of the molecule is C.C=C1CCC[C@@H]1N.CC(=O)c1ccccn1.CCc1ccccn1.CN=Cc1ccccn1.C[C@H]1CCC[C@H]1O.Cc1noc(C(F)(F)F)n1.NS(=O)(=O)c1ccccn1.O=C1CC=Cc2cccnc21.c1ccc(C2=Nc3ccccc3C2)nc1. The fourth-order valence-electron chi connectivity index (χ4n) is 7.75. The number of ketones is 2. The highest BCUT2D eigenvalue weighted by Gasteiger charge is 2.38. The average Bonchev–Trinajstić information content (AvgIpc) is 3.57. The van der Waals surface area contributed by atoms with Crippen molar-refractivity contribution in [3.8, 4) is 0 Å². The number of Topliss-reactive ketones (excluding diaryl/α,β-unsaturated/α-hetero) is 2. The number of halogens is 3. The van der Waals surface area contributed by atoms with Crippen LogP contribution in [-0.2, 0) is 29.0 Å². The number of hydrogen-bond donors (Lipinski definition) is 3. The van der Waals surface area contributed by atoms with Crippen LogP contribution in [0.3, 0.4) is 0 Å². The standard InChI is InChI=1S/C13H10N2.C9H7NO.C7H8N2.C7H7NO.C7H9N.C6H11N.C6H12O.C5H6N2O2S.C4H3F3N2O.CH4/c1-2-6-11-10(5-1)9-13(15-11)12-7-3-4-8-14-12;11-8-5-1-3-7-4-2-6-10-9(7)8;1-8-6-7-4-2-3-5-9-7;1-6(9)7-4-2-3-5-8-7;1-2-7-5-3-4-6-8-7;2*1-5-3-2-4-6(5)7;6-10(8,9)5-3-1-2-4-7-5;1-2-8-3(10-9-2)4(5,6)7;/h1-8H,9H2;1-4,6H,5H2;2-6H,1H3;2-5H,1H3;3-6H,2H2,1H3;6H,1-4,7H2;5-7H,2-4H2,1H3;1-4H,(H2,6,8,9);1H3;1H4/t;;;;;6-;5-,6+;;;/m.....00.../s1. The maximum absolute atomic E-state index is 11.6. The maximum atomic E-state index is 11.6. The molecule has 4 aliphatic rings. The van der Waals surface area contributed by atoms with Crippen LogP contribution in [-0.4, -0.2) is 96.3 Å². The molecule has 460 valence electrons. The molecule has 0 amide bonds. The molecular formula is C65H77F3N12O6S. The monoisotopic (exact) mass is 1210 g/mol. The lowest BCUT2D eigenvalue weighted by molar-refractivity contribution is -0.159. The van der Waals surface area contributed by atoms with Crippen molar-refractivity contribution in [2.24, 2.45) is 26.8 Å². The molecule has 22 heteroatoms. The first kappa shape index (κ1) is 72.3. The number of aliphatic hydroxyl groups is 1. The number of rotatable bonds is 5. The number of fused-ring (bicyclic) bond motifs is 2. The van der Waals surface area contributed by atoms with Gasteiger partial charge in [-0.05, 0) is 130 Å². The summed E-state index contributed by atoms with van der Waals surface area (Å²) in [7, 11) is -1.88. The first-order valence-corrected chi connectivity index (χ1v) is 29.0. The number of benzene rings is 1. The number of alkyl halides is 3. The predicted octanol–water partition coefficient (Wildman–Crippen LogP) is 12.5. The molecule has 2 saturated carbocycles. The van der Waals surface area contributed by atoms with E-state index >= 15 is 0 Å². The molecule has 0 bridgehead atoms. The van der Waals surface area contributed by atoms with Gasteiger partial charge in [0.25, 0.3) is 10.0 Å². The smallest absolute Gasteiger partial charge is 0.393 e. The summed E-state index contributed by atoms with van der Waals surface area (Å²) in [5.74, 6) is -0.629. The molecule has 8 aromatic rings. The quantitative estimate of drug-likeness (QED) is 0.0820. The van der Waals surface area contributed by atoms with E-state index in [0.717, 1.165) is 66.1 Å². The number of nitrogens with two attached hydrogens (primary N) is 2. The van der Waals surface area contributed by atoms with Gasteiger partial charge in [-0.2, -0.15) is 18.2 Å². The topological polar surface area (TPSA) is 282 Å². The highest BCUT2D eigenvalue weighted by molar-refractivity contribution is 7.89. The Bertz CT molecular complexity index is 3480. The number of pyridine rings is 6. The fraction of sp³-hybridized carbons (Fsp3) is 0.292. The molecule has 18 nitrogen and oxygen atoms in total. The minimum absolute atomic E-state index is 0. The predicted molar refractivity (Wildman–Crippen MR) is 335 cm³/mol. The van der Waals surface area contributed by atoms with Crippen molar-refractivity contribution in [2.45, 2.75) is 116 Å². The van der Waals surface area contributed by atoms with Crippen molar-refractivity contribution >= 4 is 45.3 Å². The zero-order chi connectivity index (χ0) is 62.7. The summed E-state index contributed by atoms with van der Waals surface area (Å²) in [5, 5.41) is 16.6. The molecule has 2 fully saturated rings. The number of carbonyl (C=O) groups excluding carboxylic acids is 2. The van der Waals surface area contributed by atoms with Gasteiger partial charge in [-0.3, -0.25) is 44.5 Å². The number of nitrogens with zero attached hydrogens (tertiary/aromatic N) is 10. The number of para-hydroxylation sites is 1. The molecular weight excluding hydrogens is 1130 g/mol. The van der Waals surface area contributed by atoms with Gasteiger partial charge in [0.2, 0.25) is 0 Å². The minimum atomic E-state index is -4.53. The molecule has 12 rings (SSSR count). The minimum Gasteiger partial charge on any atom is -0.393 e. The molecule has 0 unspecified atom stereocenters. The van der Waals surface area contributed by atoms with E-state index in [-0.39, 0.29) is 35.9 Å². The highest BCUT2D eigenvalue weighted by Crippen LogP contribution is 2.29. The van der Waals surface area contributed by atoms with Crippen molar-refractivity contribution in [1.29, 1.82) is 0 Å². The normalized spacial score (nSPS) is 15.6. The lowest BCUT2D eigenvalue weighted by Crippen LogP contribution is -2.15. The molecule has 87 heavy (non-hydrogen) atoms. The first-order valence-electron chi connectivity index (χ1n) is 27.5. The summed E-state index contributed by atoms with van der Waals surface area (Å²) in [6.07, 6.45) is 20.5. The van der Waals surface area contributed by atoms with Crippen LogP contribution in [0.5, 0.6) is 0 Å². The average molecular weight is 1210 g/mol. The van der Waals surface area contributed by atoms with Gasteiger partial charge in [0.15, 0.2) is 22.4 Å². The number of aliphatic imine (C=N–C) groups is 2. The van der Waals surface area contributed by atoms with Crippen LogP contribution in [0.25, 0.3) is 6.08 Å². The van der Waals surface area contributed by atoms with Crippen molar-refractivity contribution in [1.82, 2.24) is 40.0 Å². The summed E-state index contributed by atoms with van der Waals surface area (Å²) >= 11 is 0. The van der Waals surface area contributed by atoms with Gasteiger partial charge in [-0.1, -0.05) is 112 Å². The van der Waals surface area contributed by atoms with Crippen LogP contribution in [0.2, 0.25) is 0 Å². The van der Waals surface area contributed by atoms with Crippen molar-refractivity contribution in [3.05, 3.63) is 234 Å². The van der Waals surface area contributed by atoms with E-state index < -0.39 is 22.1 Å². The number of aromatic nitrogens is 8.